The lowest BCUT2D eigenvalue weighted by Crippen LogP contribution is -2.48. The summed E-state index contributed by atoms with van der Waals surface area (Å²) < 4.78 is 10.9. The topological polar surface area (TPSA) is 89.7 Å². The van der Waals surface area contributed by atoms with Crippen molar-refractivity contribution in [2.24, 2.45) is 0 Å². The number of anilines is 2. The molecule has 7 nitrogen and oxygen atoms in total. The second-order valence-corrected chi connectivity index (χ2v) is 6.26. The second kappa shape index (κ2) is 6.83. The van der Waals surface area contributed by atoms with Gasteiger partial charge in [0.1, 0.15) is 5.60 Å². The number of amides is 1. The quantitative estimate of drug-likeness (QED) is 0.877. The van der Waals surface area contributed by atoms with Crippen LogP contribution in [0.4, 0.5) is 16.2 Å². The number of pyridine rings is 1. The van der Waals surface area contributed by atoms with E-state index < -0.39 is 11.7 Å². The van der Waals surface area contributed by atoms with Crippen LogP contribution in [0.2, 0.25) is 0 Å². The number of hydrogen-bond acceptors (Lipinski definition) is 6. The molecule has 2 heterocycles. The van der Waals surface area contributed by atoms with E-state index in [1.165, 1.54) is 0 Å². The van der Waals surface area contributed by atoms with Gasteiger partial charge in [-0.3, -0.25) is 4.98 Å². The van der Waals surface area contributed by atoms with Crippen LogP contribution in [-0.2, 0) is 9.47 Å². The number of alkyl carbamates (subject to hydrolysis) is 1. The number of hydrogen-bond donors (Lipinski definition) is 2. The maximum absolute atomic E-state index is 11.7. The summed E-state index contributed by atoms with van der Waals surface area (Å²) in [5, 5.41) is 2.74. The standard InChI is InChI=1S/C15H24N4O3/c1-15(2,3)22-14(20)18-8-11-10-19(6-7-21-11)13-4-5-17-9-12(13)16/h4-5,9,11H,6-8,10,16H2,1-3H3,(H,18,20). The highest BCUT2D eigenvalue weighted by molar-refractivity contribution is 5.68. The number of nitrogens with two attached hydrogens (primary N) is 1. The number of nitrogens with zero attached hydrogens (tertiary/aromatic N) is 2. The molecule has 1 fully saturated rings. The summed E-state index contributed by atoms with van der Waals surface area (Å²) in [5.74, 6) is 0. The normalized spacial score (nSPS) is 18.9. The first-order valence-corrected chi connectivity index (χ1v) is 7.38. The number of morpholine rings is 1. The molecule has 1 saturated heterocycles. The molecular formula is C15H24N4O3. The average Bonchev–Trinajstić information content (AvgIpc) is 2.44. The molecule has 0 aromatic carbocycles. The minimum Gasteiger partial charge on any atom is -0.444 e. The molecule has 1 amide bonds. The Morgan fingerprint density at radius 1 is 1.59 bits per heavy atom. The summed E-state index contributed by atoms with van der Waals surface area (Å²) in [4.78, 5) is 17.8. The summed E-state index contributed by atoms with van der Waals surface area (Å²) in [6.45, 7) is 7.90. The van der Waals surface area contributed by atoms with Gasteiger partial charge in [-0.25, -0.2) is 4.79 Å². The first-order valence-electron chi connectivity index (χ1n) is 7.38. The number of ether oxygens (including phenoxy) is 2. The molecule has 1 aromatic heterocycles. The Kier molecular flexibility index (Phi) is 5.07. The van der Waals surface area contributed by atoms with Gasteiger partial charge in [-0.05, 0) is 26.8 Å². The maximum Gasteiger partial charge on any atom is 0.407 e. The van der Waals surface area contributed by atoms with Crippen molar-refractivity contribution in [2.45, 2.75) is 32.5 Å². The molecule has 7 heteroatoms. The van der Waals surface area contributed by atoms with Gasteiger partial charge in [0.05, 0.1) is 30.3 Å². The third-order valence-electron chi connectivity index (χ3n) is 3.18. The van der Waals surface area contributed by atoms with Crippen molar-refractivity contribution >= 4 is 17.5 Å². The Balaban J connectivity index is 1.86. The minimum absolute atomic E-state index is 0.103. The van der Waals surface area contributed by atoms with Gasteiger partial charge in [0.25, 0.3) is 0 Å². The van der Waals surface area contributed by atoms with Gasteiger partial charge in [-0.1, -0.05) is 0 Å². The summed E-state index contributed by atoms with van der Waals surface area (Å²) in [6.07, 6.45) is 2.82. The molecule has 3 N–H and O–H groups in total. The largest absolute Gasteiger partial charge is 0.444 e. The number of nitrogens with one attached hydrogen (secondary N) is 1. The Hall–Kier alpha value is -2.02. The second-order valence-electron chi connectivity index (χ2n) is 6.26. The number of rotatable bonds is 3. The van der Waals surface area contributed by atoms with Gasteiger partial charge in [0.2, 0.25) is 0 Å². The van der Waals surface area contributed by atoms with E-state index in [1.807, 2.05) is 26.8 Å². The highest BCUT2D eigenvalue weighted by Crippen LogP contribution is 2.23. The Morgan fingerprint density at radius 3 is 3.05 bits per heavy atom. The van der Waals surface area contributed by atoms with Gasteiger partial charge in [0.15, 0.2) is 0 Å². The van der Waals surface area contributed by atoms with E-state index in [-0.39, 0.29) is 6.10 Å². The van der Waals surface area contributed by atoms with Gasteiger partial charge < -0.3 is 25.4 Å². The van der Waals surface area contributed by atoms with Crippen molar-refractivity contribution in [2.75, 3.05) is 36.9 Å². The van der Waals surface area contributed by atoms with Crippen LogP contribution in [0.3, 0.4) is 0 Å². The lowest BCUT2D eigenvalue weighted by Gasteiger charge is -2.35. The molecule has 0 saturated carbocycles. The van der Waals surface area contributed by atoms with Gasteiger partial charge in [0, 0.05) is 25.8 Å². The van der Waals surface area contributed by atoms with Crippen LogP contribution < -0.4 is 16.0 Å². The highest BCUT2D eigenvalue weighted by Gasteiger charge is 2.23. The molecule has 0 radical (unpaired) electrons. The van der Waals surface area contributed by atoms with E-state index in [1.54, 1.807) is 12.4 Å². The summed E-state index contributed by atoms with van der Waals surface area (Å²) in [6, 6.07) is 1.89. The third kappa shape index (κ3) is 4.77. The van der Waals surface area contributed by atoms with Crippen LogP contribution in [0, 0.1) is 0 Å². The van der Waals surface area contributed by atoms with Crippen LogP contribution in [0.5, 0.6) is 0 Å². The Bertz CT molecular complexity index is 516. The molecular weight excluding hydrogens is 284 g/mol. The van der Waals surface area contributed by atoms with Crippen molar-refractivity contribution in [3.63, 3.8) is 0 Å². The van der Waals surface area contributed by atoms with Crippen molar-refractivity contribution in [3.05, 3.63) is 18.5 Å². The van der Waals surface area contributed by atoms with Crippen LogP contribution >= 0.6 is 0 Å². The molecule has 1 unspecified atom stereocenters. The van der Waals surface area contributed by atoms with E-state index >= 15 is 0 Å². The first kappa shape index (κ1) is 16.4. The fourth-order valence-corrected chi connectivity index (χ4v) is 2.26. The Labute approximate surface area is 130 Å². The summed E-state index contributed by atoms with van der Waals surface area (Å²) in [7, 11) is 0. The summed E-state index contributed by atoms with van der Waals surface area (Å²) >= 11 is 0. The number of nitrogen functional groups attached to an aromatic ring is 1. The molecule has 22 heavy (non-hydrogen) atoms. The monoisotopic (exact) mass is 308 g/mol. The molecule has 0 aliphatic carbocycles. The van der Waals surface area contributed by atoms with Crippen molar-refractivity contribution in [1.82, 2.24) is 10.3 Å². The van der Waals surface area contributed by atoms with Crippen LogP contribution in [0.1, 0.15) is 20.8 Å². The molecule has 1 aliphatic rings. The van der Waals surface area contributed by atoms with Crippen molar-refractivity contribution < 1.29 is 14.3 Å². The van der Waals surface area contributed by atoms with E-state index in [0.29, 0.717) is 25.4 Å². The third-order valence-corrected chi connectivity index (χ3v) is 3.18. The van der Waals surface area contributed by atoms with Gasteiger partial charge in [-0.15, -0.1) is 0 Å². The number of carbonyl (C=O) groups is 1. The molecule has 1 aromatic rings. The number of aromatic nitrogens is 1. The molecule has 0 spiro atoms. The van der Waals surface area contributed by atoms with Crippen LogP contribution in [-0.4, -0.2) is 49.0 Å². The van der Waals surface area contributed by atoms with Gasteiger partial charge in [-0.2, -0.15) is 0 Å². The number of carbonyl (C=O) groups excluding carboxylic acids is 1. The zero-order chi connectivity index (χ0) is 16.2. The van der Waals surface area contributed by atoms with Crippen molar-refractivity contribution in [3.8, 4) is 0 Å². The molecule has 2 rings (SSSR count). The molecule has 0 bridgehead atoms. The molecule has 1 aliphatic heterocycles. The van der Waals surface area contributed by atoms with E-state index in [0.717, 1.165) is 12.2 Å². The van der Waals surface area contributed by atoms with Gasteiger partial charge >= 0.3 is 6.09 Å². The first-order chi connectivity index (χ1) is 10.3. The smallest absolute Gasteiger partial charge is 0.407 e. The lowest BCUT2D eigenvalue weighted by molar-refractivity contribution is 0.0283. The maximum atomic E-state index is 11.7. The summed E-state index contributed by atoms with van der Waals surface area (Å²) in [5.41, 5.74) is 7.04. The predicted octanol–water partition coefficient (Wildman–Crippen LogP) is 1.39. The predicted molar refractivity (Wildman–Crippen MR) is 84.8 cm³/mol. The van der Waals surface area contributed by atoms with E-state index in [2.05, 4.69) is 15.2 Å². The van der Waals surface area contributed by atoms with Crippen molar-refractivity contribution in [1.29, 1.82) is 0 Å². The zero-order valence-corrected chi connectivity index (χ0v) is 13.3. The molecule has 122 valence electrons. The highest BCUT2D eigenvalue weighted by atomic mass is 16.6. The molecule has 1 atom stereocenters. The van der Waals surface area contributed by atoms with Crippen LogP contribution in [0.15, 0.2) is 18.5 Å². The fourth-order valence-electron chi connectivity index (χ4n) is 2.26. The Morgan fingerprint density at radius 2 is 2.36 bits per heavy atom. The zero-order valence-electron chi connectivity index (χ0n) is 13.3. The van der Waals surface area contributed by atoms with E-state index in [4.69, 9.17) is 15.2 Å². The minimum atomic E-state index is -0.505. The van der Waals surface area contributed by atoms with Crippen LogP contribution in [0.25, 0.3) is 0 Å². The lowest BCUT2D eigenvalue weighted by atomic mass is 10.2. The van der Waals surface area contributed by atoms with E-state index in [9.17, 15) is 4.79 Å². The fraction of sp³-hybridized carbons (Fsp3) is 0.600. The average molecular weight is 308 g/mol. The SMILES string of the molecule is CC(C)(C)OC(=O)NCC1CN(c2ccncc2N)CCO1.